The molecule has 7 heteroatoms. The second-order valence-corrected chi connectivity index (χ2v) is 3.89. The average molecular weight is 279 g/mol. The Hall–Kier alpha value is -2.83. The molecule has 20 heavy (non-hydrogen) atoms. The zero-order valence-electron chi connectivity index (χ0n) is 9.84. The molecule has 0 aromatic heterocycles. The third-order valence-corrected chi connectivity index (χ3v) is 2.68. The predicted molar refractivity (Wildman–Crippen MR) is 65.4 cm³/mol. The Labute approximate surface area is 111 Å². The van der Waals surface area contributed by atoms with Crippen LogP contribution in [0, 0.1) is 21.7 Å². The second kappa shape index (κ2) is 5.04. The van der Waals surface area contributed by atoms with E-state index >= 15 is 0 Å². The zero-order chi connectivity index (χ0) is 14.9. The van der Waals surface area contributed by atoms with Crippen molar-refractivity contribution in [1.82, 2.24) is 0 Å². The van der Waals surface area contributed by atoms with Gasteiger partial charge in [-0.15, -0.1) is 0 Å². The first kappa shape index (κ1) is 13.6. The van der Waals surface area contributed by atoms with Gasteiger partial charge < -0.3 is 5.11 Å². The van der Waals surface area contributed by atoms with Crippen molar-refractivity contribution in [3.63, 3.8) is 0 Å². The number of non-ortho nitro benzene ring substituents is 1. The molecule has 102 valence electrons. The van der Waals surface area contributed by atoms with Crippen LogP contribution in [0.1, 0.15) is 10.4 Å². The van der Waals surface area contributed by atoms with Gasteiger partial charge in [0.05, 0.1) is 16.1 Å². The van der Waals surface area contributed by atoms with Gasteiger partial charge in [-0.2, -0.15) is 0 Å². The lowest BCUT2D eigenvalue weighted by Crippen LogP contribution is -2.03. The Balaban J connectivity index is 2.79. The standard InChI is InChI=1S/C13H7F2NO4/c14-10-2-1-3-11(15)12(10)9-6-7(16(19)20)4-5-8(9)13(17)18/h1-6H,(H,17,18). The largest absolute Gasteiger partial charge is 0.478 e. The molecule has 0 amide bonds. The molecule has 0 aliphatic heterocycles. The zero-order valence-corrected chi connectivity index (χ0v) is 9.84. The first-order valence-corrected chi connectivity index (χ1v) is 5.38. The normalized spacial score (nSPS) is 10.3. The second-order valence-electron chi connectivity index (χ2n) is 3.89. The molecule has 2 aromatic rings. The Bertz CT molecular complexity index is 695. The molecule has 0 spiro atoms. The highest BCUT2D eigenvalue weighted by Gasteiger charge is 2.21. The van der Waals surface area contributed by atoms with Crippen LogP contribution in [-0.2, 0) is 0 Å². The highest BCUT2D eigenvalue weighted by Crippen LogP contribution is 2.32. The van der Waals surface area contributed by atoms with E-state index in [0.717, 1.165) is 36.4 Å². The van der Waals surface area contributed by atoms with E-state index in [1.165, 1.54) is 0 Å². The molecule has 0 aliphatic carbocycles. The van der Waals surface area contributed by atoms with Gasteiger partial charge in [-0.1, -0.05) is 6.07 Å². The van der Waals surface area contributed by atoms with Crippen LogP contribution in [0.25, 0.3) is 11.1 Å². The molecule has 0 saturated heterocycles. The van der Waals surface area contributed by atoms with Crippen LogP contribution in [0.15, 0.2) is 36.4 Å². The van der Waals surface area contributed by atoms with Gasteiger partial charge in [-0.25, -0.2) is 13.6 Å². The number of carboxylic acid groups (broad SMARTS) is 1. The summed E-state index contributed by atoms with van der Waals surface area (Å²) in [6.45, 7) is 0. The summed E-state index contributed by atoms with van der Waals surface area (Å²) in [5.41, 5.74) is -1.84. The van der Waals surface area contributed by atoms with Gasteiger partial charge in [0.1, 0.15) is 11.6 Å². The van der Waals surface area contributed by atoms with Gasteiger partial charge in [0.25, 0.3) is 5.69 Å². The highest BCUT2D eigenvalue weighted by molar-refractivity contribution is 5.96. The summed E-state index contributed by atoms with van der Waals surface area (Å²) in [5.74, 6) is -3.42. The van der Waals surface area contributed by atoms with Gasteiger partial charge in [0, 0.05) is 17.7 Å². The maximum absolute atomic E-state index is 13.7. The minimum Gasteiger partial charge on any atom is -0.478 e. The number of hydrogen-bond acceptors (Lipinski definition) is 3. The van der Waals surface area contributed by atoms with Gasteiger partial charge in [0.15, 0.2) is 0 Å². The van der Waals surface area contributed by atoms with Crippen LogP contribution in [0.5, 0.6) is 0 Å². The Morgan fingerprint density at radius 2 is 1.75 bits per heavy atom. The summed E-state index contributed by atoms with van der Waals surface area (Å²) in [4.78, 5) is 21.0. The molecule has 0 saturated carbocycles. The van der Waals surface area contributed by atoms with E-state index in [4.69, 9.17) is 5.11 Å². The lowest BCUT2D eigenvalue weighted by Gasteiger charge is -2.08. The lowest BCUT2D eigenvalue weighted by atomic mass is 9.98. The molecule has 0 unspecified atom stereocenters. The number of hydrogen-bond donors (Lipinski definition) is 1. The fourth-order valence-corrected chi connectivity index (χ4v) is 1.79. The van der Waals surface area contributed by atoms with Crippen molar-refractivity contribution >= 4 is 11.7 Å². The van der Waals surface area contributed by atoms with Crippen LogP contribution < -0.4 is 0 Å². The molecule has 0 atom stereocenters. The molecule has 1 N–H and O–H groups in total. The number of nitro groups is 1. The number of rotatable bonds is 3. The van der Waals surface area contributed by atoms with Gasteiger partial charge in [-0.3, -0.25) is 10.1 Å². The van der Waals surface area contributed by atoms with E-state index in [-0.39, 0.29) is 5.56 Å². The molecule has 5 nitrogen and oxygen atoms in total. The Morgan fingerprint density at radius 1 is 1.15 bits per heavy atom. The Kier molecular flexibility index (Phi) is 3.43. The van der Waals surface area contributed by atoms with E-state index < -0.39 is 39.3 Å². The minimum absolute atomic E-state index is 0.373. The predicted octanol–water partition coefficient (Wildman–Crippen LogP) is 3.24. The number of halogens is 2. The molecular formula is C13H7F2NO4. The quantitative estimate of drug-likeness (QED) is 0.690. The monoisotopic (exact) mass is 279 g/mol. The first-order valence-electron chi connectivity index (χ1n) is 5.38. The van der Waals surface area contributed by atoms with Crippen molar-refractivity contribution in [3.8, 4) is 11.1 Å². The smallest absolute Gasteiger partial charge is 0.336 e. The number of aromatic carboxylic acids is 1. The fourth-order valence-electron chi connectivity index (χ4n) is 1.79. The van der Waals surface area contributed by atoms with E-state index in [0.29, 0.717) is 0 Å². The molecule has 0 fully saturated rings. The molecule has 0 radical (unpaired) electrons. The average Bonchev–Trinajstić information content (AvgIpc) is 2.38. The van der Waals surface area contributed by atoms with E-state index in [9.17, 15) is 23.7 Å². The molecule has 0 heterocycles. The summed E-state index contributed by atoms with van der Waals surface area (Å²) in [6, 6.07) is 5.76. The molecule has 2 aromatic carbocycles. The summed E-state index contributed by atoms with van der Waals surface area (Å²) in [7, 11) is 0. The molecule has 2 rings (SSSR count). The maximum Gasteiger partial charge on any atom is 0.336 e. The fraction of sp³-hybridized carbons (Fsp3) is 0. The van der Waals surface area contributed by atoms with Gasteiger partial charge in [0.2, 0.25) is 0 Å². The van der Waals surface area contributed by atoms with Crippen molar-refractivity contribution < 1.29 is 23.6 Å². The number of benzene rings is 2. The van der Waals surface area contributed by atoms with Crippen LogP contribution in [0.3, 0.4) is 0 Å². The summed E-state index contributed by atoms with van der Waals surface area (Å²) >= 11 is 0. The molecule has 0 aliphatic rings. The van der Waals surface area contributed by atoms with E-state index in [2.05, 4.69) is 0 Å². The SMILES string of the molecule is O=C(O)c1ccc([N+](=O)[O-])cc1-c1c(F)cccc1F. The van der Waals surface area contributed by atoms with Gasteiger partial charge >= 0.3 is 5.97 Å². The summed E-state index contributed by atoms with van der Waals surface area (Å²) in [6.07, 6.45) is 0. The molecular weight excluding hydrogens is 272 g/mol. The van der Waals surface area contributed by atoms with Crippen LogP contribution >= 0.6 is 0 Å². The number of nitro benzene ring substituents is 1. The van der Waals surface area contributed by atoms with Crippen molar-refractivity contribution in [2.45, 2.75) is 0 Å². The van der Waals surface area contributed by atoms with Crippen LogP contribution in [0.2, 0.25) is 0 Å². The van der Waals surface area contributed by atoms with Crippen molar-refractivity contribution in [2.24, 2.45) is 0 Å². The third kappa shape index (κ3) is 2.33. The minimum atomic E-state index is -1.43. The van der Waals surface area contributed by atoms with Crippen molar-refractivity contribution in [3.05, 3.63) is 63.7 Å². The van der Waals surface area contributed by atoms with Crippen molar-refractivity contribution in [1.29, 1.82) is 0 Å². The Morgan fingerprint density at radius 3 is 2.25 bits per heavy atom. The topological polar surface area (TPSA) is 80.4 Å². The summed E-state index contributed by atoms with van der Waals surface area (Å²) in [5, 5.41) is 19.7. The highest BCUT2D eigenvalue weighted by atomic mass is 19.1. The maximum atomic E-state index is 13.7. The number of carbonyl (C=O) groups is 1. The summed E-state index contributed by atoms with van der Waals surface area (Å²) < 4.78 is 27.4. The molecule has 0 bridgehead atoms. The van der Waals surface area contributed by atoms with Crippen LogP contribution in [0.4, 0.5) is 14.5 Å². The van der Waals surface area contributed by atoms with Crippen LogP contribution in [-0.4, -0.2) is 16.0 Å². The van der Waals surface area contributed by atoms with Crippen molar-refractivity contribution in [2.75, 3.05) is 0 Å². The first-order chi connectivity index (χ1) is 9.41. The number of carboxylic acids is 1. The third-order valence-electron chi connectivity index (χ3n) is 2.68. The lowest BCUT2D eigenvalue weighted by molar-refractivity contribution is -0.384. The number of nitrogens with zero attached hydrogens (tertiary/aromatic N) is 1. The van der Waals surface area contributed by atoms with Gasteiger partial charge in [-0.05, 0) is 18.2 Å². The van der Waals surface area contributed by atoms with E-state index in [1.54, 1.807) is 0 Å². The van der Waals surface area contributed by atoms with E-state index in [1.807, 2.05) is 0 Å².